The average molecular weight is 749 g/mol. The normalized spacial score (nSPS) is 47.8. The molecule has 4 aliphatic rings. The van der Waals surface area contributed by atoms with Crippen LogP contribution in [0.2, 0.25) is 0 Å². The molecule has 0 aromatic rings. The first kappa shape index (κ1) is 41.9. The number of hydrogen-bond acceptors (Lipinski definition) is 21. The van der Waals surface area contributed by atoms with Crippen LogP contribution in [0.4, 0.5) is 0 Å². The molecule has 4 heterocycles. The lowest BCUT2D eigenvalue weighted by Gasteiger charge is -2.50. The fourth-order valence-electron chi connectivity index (χ4n) is 6.35. The predicted molar refractivity (Wildman–Crippen MR) is 157 cm³/mol. The van der Waals surface area contributed by atoms with E-state index in [2.05, 4.69) is 10.6 Å². The summed E-state index contributed by atoms with van der Waals surface area (Å²) in [5.41, 5.74) is 0. The Morgan fingerprint density at radius 1 is 0.471 bits per heavy atom. The van der Waals surface area contributed by atoms with E-state index in [0.717, 1.165) is 13.8 Å². The lowest BCUT2D eigenvalue weighted by molar-refractivity contribution is -0.379. The van der Waals surface area contributed by atoms with Crippen molar-refractivity contribution >= 4 is 11.8 Å². The van der Waals surface area contributed by atoms with Gasteiger partial charge in [-0.25, -0.2) is 0 Å². The quantitative estimate of drug-likeness (QED) is 0.0881. The molecule has 20 atom stereocenters. The van der Waals surface area contributed by atoms with Gasteiger partial charge >= 0.3 is 0 Å². The monoisotopic (exact) mass is 748 g/mol. The molecular weight excluding hydrogens is 700 g/mol. The molecule has 4 saturated heterocycles. The molecule has 4 rings (SSSR count). The van der Waals surface area contributed by atoms with Gasteiger partial charge < -0.3 is 105 Å². The third-order valence-corrected chi connectivity index (χ3v) is 9.01. The first-order valence-corrected chi connectivity index (χ1v) is 16.1. The predicted octanol–water partition coefficient (Wildman–Crippen LogP) is -9.46. The Balaban J connectivity index is 1.56. The Kier molecular flexibility index (Phi) is 14.8. The number of carbonyl (C=O) groups is 2. The van der Waals surface area contributed by atoms with Crippen LogP contribution in [0.15, 0.2) is 0 Å². The van der Waals surface area contributed by atoms with Crippen molar-refractivity contribution in [2.45, 2.75) is 137 Å². The first-order valence-electron chi connectivity index (χ1n) is 16.1. The van der Waals surface area contributed by atoms with Gasteiger partial charge in [0.15, 0.2) is 25.2 Å². The Morgan fingerprint density at radius 3 is 1.41 bits per heavy atom. The summed E-state index contributed by atoms with van der Waals surface area (Å²) in [4.78, 5) is 23.9. The third-order valence-electron chi connectivity index (χ3n) is 9.01. The number of ether oxygens (including phenoxy) is 7. The minimum Gasteiger partial charge on any atom is -0.394 e. The van der Waals surface area contributed by atoms with Gasteiger partial charge in [0.25, 0.3) is 0 Å². The van der Waals surface area contributed by atoms with Crippen molar-refractivity contribution in [2.24, 2.45) is 0 Å². The van der Waals surface area contributed by atoms with Gasteiger partial charge in [0, 0.05) is 13.8 Å². The highest BCUT2D eigenvalue weighted by Gasteiger charge is 2.55. The van der Waals surface area contributed by atoms with Gasteiger partial charge in [-0.2, -0.15) is 0 Å². The fourth-order valence-corrected chi connectivity index (χ4v) is 6.35. The van der Waals surface area contributed by atoms with Crippen molar-refractivity contribution in [3.8, 4) is 0 Å². The highest BCUT2D eigenvalue weighted by atomic mass is 16.8. The summed E-state index contributed by atoms with van der Waals surface area (Å²) >= 11 is 0. The van der Waals surface area contributed by atoms with E-state index in [0.29, 0.717) is 0 Å². The first-order chi connectivity index (χ1) is 24.1. The Hall–Kier alpha value is -1.82. The smallest absolute Gasteiger partial charge is 0.217 e. The standard InChI is InChI=1S/C28H48N2O21/c1-7(35)29-13-17(39)22(11(5-33)45-25(13)44)49-26-14(30-8(2)36)18(40)23(12(6-34)48-26)50-28-21(43)24(16(38)10(4-32)47-28)51-27-20(42)19(41)15(37)9(3-31)46-27/h9-28,31-34,37-44H,3-6H2,1-2H3,(H,29,35)(H,30,36)/t9-,10-,11-,12-,13-,14-,15-,16-,17-,18-,19+,20+,21+,22-,23-,24+,25-,26-,27-,28+/m1/s1. The van der Waals surface area contributed by atoms with Crippen molar-refractivity contribution in [1.82, 2.24) is 10.6 Å². The van der Waals surface area contributed by atoms with Crippen molar-refractivity contribution in [3.63, 3.8) is 0 Å². The van der Waals surface area contributed by atoms with E-state index in [1.165, 1.54) is 0 Å². The third kappa shape index (κ3) is 9.11. The largest absolute Gasteiger partial charge is 0.394 e. The topological polar surface area (TPSA) is 366 Å². The van der Waals surface area contributed by atoms with Gasteiger partial charge in [-0.1, -0.05) is 0 Å². The van der Waals surface area contributed by atoms with E-state index >= 15 is 0 Å². The Bertz CT molecular complexity index is 1140. The lowest BCUT2D eigenvalue weighted by atomic mass is 9.94. The van der Waals surface area contributed by atoms with Crippen LogP contribution in [0.25, 0.3) is 0 Å². The van der Waals surface area contributed by atoms with Crippen molar-refractivity contribution in [2.75, 3.05) is 26.4 Å². The van der Waals surface area contributed by atoms with Crippen LogP contribution in [0.5, 0.6) is 0 Å². The zero-order valence-corrected chi connectivity index (χ0v) is 27.4. The van der Waals surface area contributed by atoms with Gasteiger partial charge in [0.05, 0.1) is 26.4 Å². The zero-order chi connectivity index (χ0) is 37.9. The van der Waals surface area contributed by atoms with Crippen molar-refractivity contribution in [1.29, 1.82) is 0 Å². The maximum Gasteiger partial charge on any atom is 0.217 e. The molecule has 0 aromatic heterocycles. The number of nitrogens with one attached hydrogen (secondary N) is 2. The van der Waals surface area contributed by atoms with E-state index in [9.17, 15) is 70.9 Å². The summed E-state index contributed by atoms with van der Waals surface area (Å²) in [5.74, 6) is -1.40. The molecule has 0 spiro atoms. The average Bonchev–Trinajstić information content (AvgIpc) is 3.09. The fraction of sp³-hybridized carbons (Fsp3) is 0.929. The molecule has 0 aliphatic carbocycles. The molecule has 23 heteroatoms. The summed E-state index contributed by atoms with van der Waals surface area (Å²) in [6, 6.07) is -3.04. The number of hydrogen-bond donors (Lipinski definition) is 14. The van der Waals surface area contributed by atoms with Gasteiger partial charge in [0.1, 0.15) is 97.5 Å². The lowest BCUT2D eigenvalue weighted by Crippen LogP contribution is -2.70. The number of aliphatic hydroxyl groups excluding tert-OH is 12. The van der Waals surface area contributed by atoms with Gasteiger partial charge in [-0.15, -0.1) is 0 Å². The van der Waals surface area contributed by atoms with Crippen LogP contribution in [-0.2, 0) is 42.7 Å². The van der Waals surface area contributed by atoms with E-state index in [1.54, 1.807) is 0 Å². The molecule has 23 nitrogen and oxygen atoms in total. The van der Waals surface area contributed by atoms with E-state index < -0.39 is 161 Å². The molecule has 0 bridgehead atoms. The van der Waals surface area contributed by atoms with Crippen LogP contribution in [-0.4, -0.2) is 222 Å². The van der Waals surface area contributed by atoms with E-state index in [1.807, 2.05) is 0 Å². The summed E-state index contributed by atoms with van der Waals surface area (Å²) in [6.45, 7) is -1.28. The number of amides is 2. The molecule has 14 N–H and O–H groups in total. The maximum absolute atomic E-state index is 12.2. The minimum atomic E-state index is -2.04. The van der Waals surface area contributed by atoms with E-state index in [-0.39, 0.29) is 0 Å². The van der Waals surface area contributed by atoms with Gasteiger partial charge in [-0.3, -0.25) is 9.59 Å². The SMILES string of the molecule is CC(=O)N[C@@H]1[C@@H](O)[C@H](O[C@H]2O[C@H](CO)[C@@H](O[C@@H]3O[C@H](CO)[C@@H](O)[C@H](O[C@H]4O[C@H](CO)[C@@H](O)[C@H](O)[C@@H]4O)[C@@H]3O)[C@H](O)[C@H]2NC(C)=O)[C@@H](CO)O[C@H]1O. The molecule has 4 fully saturated rings. The van der Waals surface area contributed by atoms with Crippen molar-refractivity contribution in [3.05, 3.63) is 0 Å². The number of carbonyl (C=O) groups excluding carboxylic acids is 2. The molecule has 51 heavy (non-hydrogen) atoms. The second-order valence-electron chi connectivity index (χ2n) is 12.6. The van der Waals surface area contributed by atoms with Crippen LogP contribution in [0.1, 0.15) is 13.8 Å². The molecule has 4 aliphatic heterocycles. The Labute approximate surface area is 289 Å². The molecular formula is C28H48N2O21. The summed E-state index contributed by atoms with van der Waals surface area (Å²) in [5, 5.41) is 130. The second-order valence-corrected chi connectivity index (χ2v) is 12.6. The number of rotatable bonds is 12. The van der Waals surface area contributed by atoms with E-state index in [4.69, 9.17) is 33.2 Å². The number of aliphatic hydroxyl groups is 12. The van der Waals surface area contributed by atoms with Crippen LogP contribution >= 0.6 is 0 Å². The molecule has 0 radical (unpaired) electrons. The summed E-state index contributed by atoms with van der Waals surface area (Å²) < 4.78 is 39.1. The summed E-state index contributed by atoms with van der Waals surface area (Å²) in [6.07, 6.45) is -31.4. The highest BCUT2D eigenvalue weighted by molar-refractivity contribution is 5.73. The summed E-state index contributed by atoms with van der Waals surface area (Å²) in [7, 11) is 0. The van der Waals surface area contributed by atoms with Crippen LogP contribution in [0, 0.1) is 0 Å². The molecule has 0 saturated carbocycles. The Morgan fingerprint density at radius 2 is 0.882 bits per heavy atom. The molecule has 0 unspecified atom stereocenters. The molecule has 2 amide bonds. The van der Waals surface area contributed by atoms with Crippen molar-refractivity contribution < 1.29 is 104 Å². The molecule has 296 valence electrons. The highest BCUT2D eigenvalue weighted by Crippen LogP contribution is 2.34. The minimum absolute atomic E-state index is 0.660. The molecule has 0 aromatic carbocycles. The zero-order valence-electron chi connectivity index (χ0n) is 27.4. The van der Waals surface area contributed by atoms with Crippen LogP contribution in [0.3, 0.4) is 0 Å². The van der Waals surface area contributed by atoms with Gasteiger partial charge in [0.2, 0.25) is 11.8 Å². The second kappa shape index (κ2) is 18.0. The maximum atomic E-state index is 12.2. The van der Waals surface area contributed by atoms with Gasteiger partial charge in [-0.05, 0) is 0 Å². The van der Waals surface area contributed by atoms with Crippen LogP contribution < -0.4 is 10.6 Å².